The van der Waals surface area contributed by atoms with E-state index in [0.29, 0.717) is 29.8 Å². The minimum absolute atomic E-state index is 0.407. The maximum Gasteiger partial charge on any atom is 0.314 e. The van der Waals surface area contributed by atoms with Gasteiger partial charge >= 0.3 is 11.9 Å². The maximum absolute atomic E-state index is 11.5. The molecule has 0 heterocycles. The largest absolute Gasteiger partial charge is 0.375 e. The van der Waals surface area contributed by atoms with Crippen LogP contribution in [0.1, 0.15) is 31.2 Å². The number of halogens is 1. The molecule has 2 rings (SSSR count). The fourth-order valence-electron chi connectivity index (χ4n) is 3.79. The van der Waals surface area contributed by atoms with Crippen LogP contribution in [0.5, 0.6) is 0 Å². The van der Waals surface area contributed by atoms with Crippen molar-refractivity contribution in [3.8, 4) is 0 Å². The van der Waals surface area contributed by atoms with Gasteiger partial charge in [0, 0.05) is 16.9 Å². The Bertz CT molecular complexity index is 649. The highest BCUT2D eigenvalue weighted by atomic mass is 35.5. The summed E-state index contributed by atoms with van der Waals surface area (Å²) >= 11 is 5.91. The van der Waals surface area contributed by atoms with Crippen LogP contribution in [0.3, 0.4) is 0 Å². The smallest absolute Gasteiger partial charge is 0.314 e. The molecule has 10 heteroatoms. The molecule has 1 fully saturated rings. The average Bonchev–Trinajstić information content (AvgIpc) is 2.45. The molecule has 0 spiro atoms. The van der Waals surface area contributed by atoms with E-state index in [-0.39, 0.29) is 0 Å². The fraction of sp³-hybridized carbons (Fsp3) is 0.647. The molecule has 1 aromatic carbocycles. The Balaban J connectivity index is 2.61. The van der Waals surface area contributed by atoms with Gasteiger partial charge in [-0.15, -0.1) is 0 Å². The summed E-state index contributed by atoms with van der Waals surface area (Å²) in [4.78, 5) is 1.24. The van der Waals surface area contributed by atoms with Crippen LogP contribution in [0.25, 0.3) is 0 Å². The average molecular weight is 408 g/mol. The Labute approximate surface area is 161 Å². The first-order valence-corrected chi connectivity index (χ1v) is 8.71. The summed E-state index contributed by atoms with van der Waals surface area (Å²) in [6.07, 6.45) is 0.290. The minimum atomic E-state index is -4.14. The van der Waals surface area contributed by atoms with Crippen molar-refractivity contribution >= 4 is 11.6 Å². The predicted molar refractivity (Wildman–Crippen MR) is 94.0 cm³/mol. The molecule has 154 valence electrons. The van der Waals surface area contributed by atoms with E-state index in [0.717, 1.165) is 0 Å². The number of benzene rings is 1. The third kappa shape index (κ3) is 3.49. The molecule has 27 heavy (non-hydrogen) atoms. The molecule has 0 amide bonds. The molecule has 8 N–H and O–H groups in total. The Hall–Kier alpha value is -0.850. The minimum Gasteiger partial charge on any atom is -0.375 e. The predicted octanol–water partition coefficient (Wildman–Crippen LogP) is -1.61. The van der Waals surface area contributed by atoms with E-state index in [9.17, 15) is 40.9 Å². The summed E-state index contributed by atoms with van der Waals surface area (Å²) in [5, 5.41) is 79.5. The summed E-state index contributed by atoms with van der Waals surface area (Å²) in [6, 6.07) is 6.51. The third-order valence-electron chi connectivity index (χ3n) is 5.72. The SMILES string of the molecule is CN(C)C(O)(CC(O)(C(O)(O)O)C(O)(O)O)C1(c2ccc(Cl)cc2)CCC1. The third-order valence-corrected chi connectivity index (χ3v) is 5.97. The topological polar surface area (TPSA) is 165 Å². The van der Waals surface area contributed by atoms with Gasteiger partial charge in [0.15, 0.2) is 0 Å². The van der Waals surface area contributed by atoms with Gasteiger partial charge in [0.2, 0.25) is 5.60 Å². The molecule has 0 saturated heterocycles. The molecule has 9 nitrogen and oxygen atoms in total. The van der Waals surface area contributed by atoms with Crippen molar-refractivity contribution < 1.29 is 40.9 Å². The number of rotatable bonds is 7. The second kappa shape index (κ2) is 6.89. The van der Waals surface area contributed by atoms with E-state index in [1.54, 1.807) is 24.3 Å². The van der Waals surface area contributed by atoms with Gasteiger partial charge in [-0.25, -0.2) is 0 Å². The number of aliphatic hydroxyl groups is 8. The van der Waals surface area contributed by atoms with Crippen molar-refractivity contribution in [2.45, 2.75) is 54.4 Å². The molecule has 1 aromatic rings. The van der Waals surface area contributed by atoms with Gasteiger partial charge in [0.05, 0.1) is 0 Å². The zero-order valence-electron chi connectivity index (χ0n) is 15.0. The second-order valence-electron chi connectivity index (χ2n) is 7.46. The van der Waals surface area contributed by atoms with Crippen molar-refractivity contribution in [3.63, 3.8) is 0 Å². The van der Waals surface area contributed by atoms with Gasteiger partial charge in [-0.3, -0.25) is 4.90 Å². The quantitative estimate of drug-likeness (QED) is 0.248. The van der Waals surface area contributed by atoms with Crippen LogP contribution in [0.15, 0.2) is 24.3 Å². The molecule has 0 aromatic heterocycles. The zero-order chi connectivity index (χ0) is 20.9. The lowest BCUT2D eigenvalue weighted by molar-refractivity contribution is -0.503. The van der Waals surface area contributed by atoms with E-state index in [2.05, 4.69) is 0 Å². The maximum atomic E-state index is 11.5. The van der Waals surface area contributed by atoms with Gasteiger partial charge in [-0.05, 0) is 44.6 Å². The molecule has 1 unspecified atom stereocenters. The normalized spacial score (nSPS) is 20.3. The molecule has 1 aliphatic carbocycles. The van der Waals surface area contributed by atoms with Crippen molar-refractivity contribution in [3.05, 3.63) is 34.9 Å². The Morgan fingerprint density at radius 3 is 1.63 bits per heavy atom. The van der Waals surface area contributed by atoms with Crippen LogP contribution in [-0.2, 0) is 5.41 Å². The molecule has 1 aliphatic rings. The van der Waals surface area contributed by atoms with Crippen molar-refractivity contribution in [2.75, 3.05) is 14.1 Å². The fourth-order valence-corrected chi connectivity index (χ4v) is 3.92. The molecule has 1 atom stereocenters. The van der Waals surface area contributed by atoms with Crippen LogP contribution < -0.4 is 0 Å². The van der Waals surface area contributed by atoms with E-state index in [4.69, 9.17) is 11.6 Å². The lowest BCUT2D eigenvalue weighted by Crippen LogP contribution is -2.75. The van der Waals surface area contributed by atoms with Gasteiger partial charge in [-0.1, -0.05) is 30.2 Å². The van der Waals surface area contributed by atoms with Crippen LogP contribution in [0, 0.1) is 0 Å². The van der Waals surface area contributed by atoms with E-state index in [1.165, 1.54) is 19.0 Å². The van der Waals surface area contributed by atoms with Crippen LogP contribution in [-0.4, -0.2) is 83.1 Å². The Morgan fingerprint density at radius 1 is 0.889 bits per heavy atom. The number of hydrogen-bond acceptors (Lipinski definition) is 9. The van der Waals surface area contributed by atoms with Crippen molar-refractivity contribution in [1.82, 2.24) is 4.90 Å². The highest BCUT2D eigenvalue weighted by Crippen LogP contribution is 2.55. The van der Waals surface area contributed by atoms with Crippen molar-refractivity contribution in [2.24, 2.45) is 0 Å². The summed E-state index contributed by atoms with van der Waals surface area (Å²) in [7, 11) is 2.86. The lowest BCUT2D eigenvalue weighted by atomic mass is 9.55. The highest BCUT2D eigenvalue weighted by molar-refractivity contribution is 6.30. The van der Waals surface area contributed by atoms with Gasteiger partial charge in [0.1, 0.15) is 5.72 Å². The summed E-state index contributed by atoms with van der Waals surface area (Å²) in [5.74, 6) is -8.28. The molecular weight excluding hydrogens is 382 g/mol. The van der Waals surface area contributed by atoms with E-state index < -0.39 is 35.1 Å². The standard InChI is InChI=1S/C17H26ClNO8/c1-19(2)15(21,10-14(20,16(22,23)24)17(25,26)27)13(8-3-9-13)11-4-6-12(18)7-5-11/h4-7,20-27H,3,8-10H2,1-2H3. The molecule has 0 radical (unpaired) electrons. The number of likely N-dealkylation sites (N-methyl/N-ethyl adjacent to an activating group) is 1. The van der Waals surface area contributed by atoms with Gasteiger partial charge < -0.3 is 40.9 Å². The van der Waals surface area contributed by atoms with E-state index >= 15 is 0 Å². The van der Waals surface area contributed by atoms with Crippen LogP contribution in [0.4, 0.5) is 0 Å². The van der Waals surface area contributed by atoms with Crippen LogP contribution >= 0.6 is 11.6 Å². The summed E-state index contributed by atoms with van der Waals surface area (Å²) in [5.41, 5.74) is -6.33. The zero-order valence-corrected chi connectivity index (χ0v) is 15.8. The molecule has 1 saturated carbocycles. The van der Waals surface area contributed by atoms with E-state index in [1.807, 2.05) is 0 Å². The summed E-state index contributed by atoms with van der Waals surface area (Å²) < 4.78 is 0. The first-order valence-electron chi connectivity index (χ1n) is 8.33. The Morgan fingerprint density at radius 2 is 1.33 bits per heavy atom. The first kappa shape index (κ1) is 22.4. The highest BCUT2D eigenvalue weighted by Gasteiger charge is 2.69. The van der Waals surface area contributed by atoms with Crippen LogP contribution in [0.2, 0.25) is 5.02 Å². The van der Waals surface area contributed by atoms with Crippen molar-refractivity contribution in [1.29, 1.82) is 0 Å². The Kier molecular flexibility index (Phi) is 5.72. The second-order valence-corrected chi connectivity index (χ2v) is 7.90. The first-order chi connectivity index (χ1) is 12.1. The van der Waals surface area contributed by atoms with Gasteiger partial charge in [-0.2, -0.15) is 0 Å². The monoisotopic (exact) mass is 407 g/mol. The molecule has 0 aliphatic heterocycles. The molecular formula is C17H26ClNO8. The number of nitrogens with zero attached hydrogens (tertiary/aromatic N) is 1. The molecule has 0 bridgehead atoms. The summed E-state index contributed by atoms with van der Waals surface area (Å²) in [6.45, 7) is 0. The number of hydrogen-bond donors (Lipinski definition) is 8. The lowest BCUT2D eigenvalue weighted by Gasteiger charge is -2.59. The van der Waals surface area contributed by atoms with Gasteiger partial charge in [0.25, 0.3) is 0 Å².